The van der Waals surface area contributed by atoms with Crippen LogP contribution in [0.4, 0.5) is 0 Å². The lowest BCUT2D eigenvalue weighted by molar-refractivity contribution is -0.158. The van der Waals surface area contributed by atoms with E-state index in [0.29, 0.717) is 6.42 Å². The molecular weight excluding hydrogens is 286 g/mol. The van der Waals surface area contributed by atoms with E-state index in [1.54, 1.807) is 4.90 Å². The Morgan fingerprint density at radius 1 is 1.05 bits per heavy atom. The van der Waals surface area contributed by atoms with Gasteiger partial charge in [-0.05, 0) is 62.7 Å². The van der Waals surface area contributed by atoms with E-state index in [4.69, 9.17) is 0 Å². The summed E-state index contributed by atoms with van der Waals surface area (Å²) in [5, 5.41) is 0. The number of rotatable bonds is 2. The van der Waals surface area contributed by atoms with E-state index in [0.717, 1.165) is 37.0 Å². The summed E-state index contributed by atoms with van der Waals surface area (Å²) in [6, 6.07) is -0.0875. The highest BCUT2D eigenvalue weighted by molar-refractivity contribution is 7.91. The van der Waals surface area contributed by atoms with E-state index in [-0.39, 0.29) is 28.9 Å². The maximum absolute atomic E-state index is 13.1. The van der Waals surface area contributed by atoms with Crippen molar-refractivity contribution in [2.24, 2.45) is 23.2 Å². The average Bonchev–Trinajstić information content (AvgIpc) is 2.76. The van der Waals surface area contributed by atoms with Crippen LogP contribution in [0.5, 0.6) is 0 Å². The van der Waals surface area contributed by atoms with Gasteiger partial charge < -0.3 is 4.90 Å². The first-order chi connectivity index (χ1) is 9.87. The van der Waals surface area contributed by atoms with E-state index in [1.165, 1.54) is 19.3 Å². The molecule has 5 fully saturated rings. The smallest absolute Gasteiger partial charge is 0.228 e. The van der Waals surface area contributed by atoms with Gasteiger partial charge in [-0.15, -0.1) is 0 Å². The zero-order chi connectivity index (χ0) is 14.8. The highest BCUT2D eigenvalue weighted by Gasteiger charge is 2.56. The molecule has 5 aliphatic rings. The zero-order valence-corrected chi connectivity index (χ0v) is 13.6. The third-order valence-electron chi connectivity index (χ3n) is 6.57. The highest BCUT2D eigenvalue weighted by Crippen LogP contribution is 2.60. The average molecular weight is 311 g/mol. The summed E-state index contributed by atoms with van der Waals surface area (Å²) in [5.41, 5.74) is -0.143. The normalized spacial score (nSPS) is 46.7. The molecule has 1 atom stereocenters. The van der Waals surface area contributed by atoms with Gasteiger partial charge in [-0.1, -0.05) is 0 Å². The van der Waals surface area contributed by atoms with Crippen molar-refractivity contribution >= 4 is 15.7 Å². The monoisotopic (exact) mass is 311 g/mol. The predicted octanol–water partition coefficient (Wildman–Crippen LogP) is 1.85. The molecule has 1 amide bonds. The van der Waals surface area contributed by atoms with Crippen molar-refractivity contribution < 1.29 is 13.2 Å². The molecule has 0 radical (unpaired) electrons. The SMILES string of the molecule is CN(C(=O)C12CC3CC(CC(C3)C1)C2)[C@@H]1CCS(=O)(=O)C1. The van der Waals surface area contributed by atoms with Crippen molar-refractivity contribution in [3.05, 3.63) is 0 Å². The van der Waals surface area contributed by atoms with Crippen molar-refractivity contribution in [2.45, 2.75) is 51.0 Å². The van der Waals surface area contributed by atoms with Gasteiger partial charge in [-0.2, -0.15) is 0 Å². The molecule has 118 valence electrons. The second-order valence-electron chi connectivity index (χ2n) is 8.17. The van der Waals surface area contributed by atoms with Gasteiger partial charge in [-0.3, -0.25) is 4.79 Å². The third kappa shape index (κ3) is 2.23. The van der Waals surface area contributed by atoms with Crippen LogP contribution in [0.2, 0.25) is 0 Å². The molecule has 5 rings (SSSR count). The van der Waals surface area contributed by atoms with Crippen molar-refractivity contribution in [3.63, 3.8) is 0 Å². The fourth-order valence-electron chi connectivity index (χ4n) is 5.99. The Labute approximate surface area is 127 Å². The maximum atomic E-state index is 13.1. The van der Waals surface area contributed by atoms with Gasteiger partial charge >= 0.3 is 0 Å². The van der Waals surface area contributed by atoms with Crippen molar-refractivity contribution in [3.8, 4) is 0 Å². The maximum Gasteiger partial charge on any atom is 0.228 e. The Morgan fingerprint density at radius 3 is 2.00 bits per heavy atom. The van der Waals surface area contributed by atoms with Crippen LogP contribution in [0.3, 0.4) is 0 Å². The second kappa shape index (κ2) is 4.46. The summed E-state index contributed by atoms with van der Waals surface area (Å²) in [5.74, 6) is 2.92. The number of hydrogen-bond acceptors (Lipinski definition) is 3. The standard InChI is InChI=1S/C16H25NO3S/c1-17(14-2-3-21(19,20)10-14)15(18)16-7-11-4-12(8-16)6-13(5-11)9-16/h11-14H,2-10H2,1H3/t11?,12?,13?,14-,16?/m1/s1. The molecule has 0 aromatic heterocycles. The van der Waals surface area contributed by atoms with Crippen LogP contribution in [-0.4, -0.2) is 43.8 Å². The highest BCUT2D eigenvalue weighted by atomic mass is 32.2. The first kappa shape index (κ1) is 14.0. The number of sulfone groups is 1. The van der Waals surface area contributed by atoms with Crippen LogP contribution in [0.1, 0.15) is 44.9 Å². The fourth-order valence-corrected chi connectivity index (χ4v) is 7.77. The van der Waals surface area contributed by atoms with Gasteiger partial charge in [0.25, 0.3) is 0 Å². The molecule has 0 spiro atoms. The number of hydrogen-bond donors (Lipinski definition) is 0. The summed E-state index contributed by atoms with van der Waals surface area (Å²) in [6.45, 7) is 0. The fraction of sp³-hybridized carbons (Fsp3) is 0.938. The molecule has 0 N–H and O–H groups in total. The van der Waals surface area contributed by atoms with E-state index in [9.17, 15) is 13.2 Å². The summed E-state index contributed by atoms with van der Waals surface area (Å²) < 4.78 is 23.4. The van der Waals surface area contributed by atoms with Gasteiger partial charge in [0.2, 0.25) is 5.91 Å². The second-order valence-corrected chi connectivity index (χ2v) is 10.4. The van der Waals surface area contributed by atoms with Crippen molar-refractivity contribution in [1.29, 1.82) is 0 Å². The molecule has 1 saturated heterocycles. The number of carbonyl (C=O) groups excluding carboxylic acids is 1. The largest absolute Gasteiger partial charge is 0.341 e. The Balaban J connectivity index is 1.54. The van der Waals surface area contributed by atoms with Crippen LogP contribution in [-0.2, 0) is 14.6 Å². The van der Waals surface area contributed by atoms with E-state index in [1.807, 2.05) is 7.05 Å². The van der Waals surface area contributed by atoms with Crippen LogP contribution in [0.15, 0.2) is 0 Å². The van der Waals surface area contributed by atoms with Crippen LogP contribution in [0.25, 0.3) is 0 Å². The molecule has 0 aromatic carbocycles. The molecule has 4 bridgehead atoms. The lowest BCUT2D eigenvalue weighted by atomic mass is 9.49. The van der Waals surface area contributed by atoms with E-state index < -0.39 is 9.84 Å². The quantitative estimate of drug-likeness (QED) is 0.782. The van der Waals surface area contributed by atoms with Crippen molar-refractivity contribution in [1.82, 2.24) is 4.90 Å². The molecule has 21 heavy (non-hydrogen) atoms. The molecule has 0 unspecified atom stereocenters. The molecule has 1 heterocycles. The summed E-state index contributed by atoms with van der Waals surface area (Å²) in [7, 11) is -1.08. The minimum atomic E-state index is -2.92. The summed E-state index contributed by atoms with van der Waals surface area (Å²) in [4.78, 5) is 14.9. The van der Waals surface area contributed by atoms with Gasteiger partial charge in [0.1, 0.15) is 0 Å². The Bertz CT molecular complexity index is 533. The Kier molecular flexibility index (Phi) is 2.98. The van der Waals surface area contributed by atoms with Crippen LogP contribution >= 0.6 is 0 Å². The van der Waals surface area contributed by atoms with E-state index >= 15 is 0 Å². The number of amides is 1. The summed E-state index contributed by atoms with van der Waals surface area (Å²) in [6.07, 6.45) is 7.78. The Morgan fingerprint density at radius 2 is 1.57 bits per heavy atom. The molecule has 0 aromatic rings. The summed E-state index contributed by atoms with van der Waals surface area (Å²) >= 11 is 0. The number of carbonyl (C=O) groups is 1. The van der Waals surface area contributed by atoms with Gasteiger partial charge in [0, 0.05) is 13.1 Å². The number of nitrogens with zero attached hydrogens (tertiary/aromatic N) is 1. The van der Waals surface area contributed by atoms with Gasteiger partial charge in [0.15, 0.2) is 9.84 Å². The van der Waals surface area contributed by atoms with Gasteiger partial charge in [0.05, 0.1) is 16.9 Å². The predicted molar refractivity (Wildman–Crippen MR) is 80.4 cm³/mol. The molecule has 1 aliphatic heterocycles. The van der Waals surface area contributed by atoms with Crippen molar-refractivity contribution in [2.75, 3.05) is 18.6 Å². The minimum Gasteiger partial charge on any atom is -0.341 e. The molecular formula is C16H25NO3S. The molecule has 4 saturated carbocycles. The first-order valence-electron chi connectivity index (χ1n) is 8.35. The Hall–Kier alpha value is -0.580. The zero-order valence-electron chi connectivity index (χ0n) is 12.8. The minimum absolute atomic E-state index is 0.0875. The third-order valence-corrected chi connectivity index (χ3v) is 8.32. The molecule has 4 aliphatic carbocycles. The first-order valence-corrected chi connectivity index (χ1v) is 10.2. The lowest BCUT2D eigenvalue weighted by Crippen LogP contribution is -2.55. The lowest BCUT2D eigenvalue weighted by Gasteiger charge is -2.56. The van der Waals surface area contributed by atoms with Crippen LogP contribution < -0.4 is 0 Å². The molecule has 4 nitrogen and oxygen atoms in total. The van der Waals surface area contributed by atoms with E-state index in [2.05, 4.69) is 0 Å². The van der Waals surface area contributed by atoms with Crippen LogP contribution in [0, 0.1) is 23.2 Å². The molecule has 5 heteroatoms. The topological polar surface area (TPSA) is 54.5 Å². The van der Waals surface area contributed by atoms with Gasteiger partial charge in [-0.25, -0.2) is 8.42 Å².